The molecule has 0 bridgehead atoms. The van der Waals surface area contributed by atoms with Gasteiger partial charge in [0.25, 0.3) is 5.91 Å². The van der Waals surface area contributed by atoms with Gasteiger partial charge in [-0.1, -0.05) is 36.2 Å². The van der Waals surface area contributed by atoms with Crippen LogP contribution in [0.1, 0.15) is 23.7 Å². The smallest absolute Gasteiger partial charge is 0.323 e. The van der Waals surface area contributed by atoms with E-state index < -0.39 is 6.03 Å². The molecule has 144 valence electrons. The van der Waals surface area contributed by atoms with Gasteiger partial charge in [0.15, 0.2) is 0 Å². The van der Waals surface area contributed by atoms with E-state index in [4.69, 9.17) is 23.2 Å². The summed E-state index contributed by atoms with van der Waals surface area (Å²) in [7, 11) is 3.70. The number of halogens is 2. The van der Waals surface area contributed by atoms with Gasteiger partial charge in [-0.05, 0) is 36.8 Å². The molecule has 0 radical (unpaired) electrons. The van der Waals surface area contributed by atoms with Gasteiger partial charge in [-0.3, -0.25) is 4.79 Å². The average Bonchev–Trinajstić information content (AvgIpc) is 2.62. The largest absolute Gasteiger partial charge is 0.377 e. The van der Waals surface area contributed by atoms with E-state index in [0.717, 1.165) is 12.1 Å². The summed E-state index contributed by atoms with van der Waals surface area (Å²) in [5, 5.41) is 8.84. The Bertz CT molecular complexity index is 820. The van der Waals surface area contributed by atoms with Crippen LogP contribution in [-0.4, -0.2) is 32.6 Å². The summed E-state index contributed by atoms with van der Waals surface area (Å²) in [6.45, 7) is 2.56. The number of anilines is 3. The number of benzene rings is 2. The lowest BCUT2D eigenvalue weighted by molar-refractivity contribution is 0.0954. The standard InChI is InChI=1S/C19H22Cl2N4O2/c1-4-10-22-18(26)13-11-12(8-9-16(13)25(2)3)23-19(27)24-17-14(20)6-5-7-15(17)21/h5-9,11H,4,10H2,1-3H3,(H,22,26)(H2,23,24,27). The van der Waals surface area contributed by atoms with Crippen molar-refractivity contribution >= 4 is 52.2 Å². The second-order valence-corrected chi connectivity index (χ2v) is 6.87. The molecule has 0 fully saturated rings. The molecule has 0 aliphatic carbocycles. The van der Waals surface area contributed by atoms with Crippen molar-refractivity contribution in [1.82, 2.24) is 5.32 Å². The molecule has 27 heavy (non-hydrogen) atoms. The summed E-state index contributed by atoms with van der Waals surface area (Å²) in [4.78, 5) is 26.6. The average molecular weight is 409 g/mol. The van der Waals surface area contributed by atoms with Crippen molar-refractivity contribution in [3.63, 3.8) is 0 Å². The second-order valence-electron chi connectivity index (χ2n) is 6.06. The van der Waals surface area contributed by atoms with E-state index in [2.05, 4.69) is 16.0 Å². The Morgan fingerprint density at radius 2 is 1.70 bits per heavy atom. The van der Waals surface area contributed by atoms with Crippen LogP contribution in [0.3, 0.4) is 0 Å². The highest BCUT2D eigenvalue weighted by atomic mass is 35.5. The summed E-state index contributed by atoms with van der Waals surface area (Å²) in [5.74, 6) is -0.196. The SMILES string of the molecule is CCCNC(=O)c1cc(NC(=O)Nc2c(Cl)cccc2Cl)ccc1N(C)C. The molecule has 3 N–H and O–H groups in total. The molecule has 0 aliphatic rings. The van der Waals surface area contributed by atoms with Crippen LogP contribution in [0.4, 0.5) is 21.9 Å². The summed E-state index contributed by atoms with van der Waals surface area (Å²) < 4.78 is 0. The van der Waals surface area contributed by atoms with Crippen LogP contribution in [0.2, 0.25) is 10.0 Å². The van der Waals surface area contributed by atoms with Crippen LogP contribution in [-0.2, 0) is 0 Å². The van der Waals surface area contributed by atoms with Crippen molar-refractivity contribution in [2.45, 2.75) is 13.3 Å². The quantitative estimate of drug-likeness (QED) is 0.639. The van der Waals surface area contributed by atoms with E-state index in [1.54, 1.807) is 36.4 Å². The zero-order valence-electron chi connectivity index (χ0n) is 15.4. The van der Waals surface area contributed by atoms with Crippen molar-refractivity contribution in [2.24, 2.45) is 0 Å². The lowest BCUT2D eigenvalue weighted by atomic mass is 10.1. The van der Waals surface area contributed by atoms with E-state index in [0.29, 0.717) is 33.5 Å². The molecule has 2 rings (SSSR count). The van der Waals surface area contributed by atoms with E-state index in [9.17, 15) is 9.59 Å². The fourth-order valence-electron chi connectivity index (χ4n) is 2.41. The maximum atomic E-state index is 12.4. The first-order chi connectivity index (χ1) is 12.8. The van der Waals surface area contributed by atoms with Crippen molar-refractivity contribution in [1.29, 1.82) is 0 Å². The van der Waals surface area contributed by atoms with Crippen molar-refractivity contribution in [3.05, 3.63) is 52.0 Å². The molecular weight excluding hydrogens is 387 g/mol. The van der Waals surface area contributed by atoms with Crippen LogP contribution in [0, 0.1) is 0 Å². The molecule has 2 aromatic rings. The van der Waals surface area contributed by atoms with Crippen LogP contribution in [0.25, 0.3) is 0 Å². The fourth-order valence-corrected chi connectivity index (χ4v) is 2.90. The number of nitrogens with zero attached hydrogens (tertiary/aromatic N) is 1. The molecule has 3 amide bonds. The zero-order chi connectivity index (χ0) is 20.0. The number of hydrogen-bond donors (Lipinski definition) is 3. The van der Waals surface area contributed by atoms with Gasteiger partial charge in [0.1, 0.15) is 0 Å². The third-order valence-corrected chi connectivity index (χ3v) is 4.35. The Morgan fingerprint density at radius 1 is 1.04 bits per heavy atom. The summed E-state index contributed by atoms with van der Waals surface area (Å²) in [6, 6.07) is 9.57. The summed E-state index contributed by atoms with van der Waals surface area (Å²) in [6.07, 6.45) is 0.835. The molecule has 6 nitrogen and oxygen atoms in total. The predicted octanol–water partition coefficient (Wildman–Crippen LogP) is 4.84. The Hall–Kier alpha value is -2.44. The minimum atomic E-state index is -0.512. The maximum Gasteiger partial charge on any atom is 0.323 e. The highest BCUT2D eigenvalue weighted by Gasteiger charge is 2.15. The van der Waals surface area contributed by atoms with Gasteiger partial charge >= 0.3 is 6.03 Å². The Morgan fingerprint density at radius 3 is 2.30 bits per heavy atom. The number of hydrogen-bond acceptors (Lipinski definition) is 3. The number of rotatable bonds is 6. The predicted molar refractivity (Wildman–Crippen MR) is 112 cm³/mol. The number of nitrogens with one attached hydrogen (secondary N) is 3. The molecule has 0 unspecified atom stereocenters. The number of carbonyl (C=O) groups excluding carboxylic acids is 2. The Labute approximate surface area is 168 Å². The third kappa shape index (κ3) is 5.52. The van der Waals surface area contributed by atoms with Gasteiger partial charge in [-0.2, -0.15) is 0 Å². The summed E-state index contributed by atoms with van der Waals surface area (Å²) in [5.41, 5.74) is 2.03. The number of amides is 3. The van der Waals surface area contributed by atoms with Crippen LogP contribution in [0.5, 0.6) is 0 Å². The molecule has 2 aromatic carbocycles. The van der Waals surface area contributed by atoms with Gasteiger partial charge in [0.05, 0.1) is 21.3 Å². The first kappa shape index (κ1) is 20.9. The van der Waals surface area contributed by atoms with Crippen LogP contribution >= 0.6 is 23.2 Å². The molecule has 8 heteroatoms. The van der Waals surface area contributed by atoms with E-state index in [1.165, 1.54) is 0 Å². The number of urea groups is 1. The van der Waals surface area contributed by atoms with Crippen molar-refractivity contribution in [2.75, 3.05) is 36.2 Å². The molecule has 0 saturated carbocycles. The van der Waals surface area contributed by atoms with Gasteiger partial charge < -0.3 is 20.9 Å². The Kier molecular flexibility index (Phi) is 7.33. The van der Waals surface area contributed by atoms with Gasteiger partial charge in [0.2, 0.25) is 0 Å². The minimum absolute atomic E-state index is 0.196. The topological polar surface area (TPSA) is 73.5 Å². The highest BCUT2D eigenvalue weighted by molar-refractivity contribution is 6.39. The molecule has 0 saturated heterocycles. The molecular formula is C19H22Cl2N4O2. The lowest BCUT2D eigenvalue weighted by Crippen LogP contribution is -2.27. The van der Waals surface area contributed by atoms with Gasteiger partial charge in [0, 0.05) is 32.0 Å². The highest BCUT2D eigenvalue weighted by Crippen LogP contribution is 2.30. The van der Waals surface area contributed by atoms with E-state index in [1.807, 2.05) is 25.9 Å². The fraction of sp³-hybridized carbons (Fsp3) is 0.263. The van der Waals surface area contributed by atoms with Gasteiger partial charge in [-0.25, -0.2) is 4.79 Å². The first-order valence-corrected chi connectivity index (χ1v) is 9.20. The Balaban J connectivity index is 2.20. The lowest BCUT2D eigenvalue weighted by Gasteiger charge is -2.18. The monoisotopic (exact) mass is 408 g/mol. The normalized spacial score (nSPS) is 10.3. The van der Waals surface area contributed by atoms with E-state index in [-0.39, 0.29) is 5.91 Å². The molecule has 0 aromatic heterocycles. The van der Waals surface area contributed by atoms with Crippen molar-refractivity contribution < 1.29 is 9.59 Å². The molecule has 0 aliphatic heterocycles. The first-order valence-electron chi connectivity index (χ1n) is 8.45. The van der Waals surface area contributed by atoms with Crippen LogP contribution in [0.15, 0.2) is 36.4 Å². The van der Waals surface area contributed by atoms with Crippen molar-refractivity contribution in [3.8, 4) is 0 Å². The number of para-hydroxylation sites is 1. The molecule has 0 spiro atoms. The van der Waals surface area contributed by atoms with Crippen LogP contribution < -0.4 is 20.9 Å². The second kappa shape index (κ2) is 9.48. The number of carbonyl (C=O) groups is 2. The molecule has 0 atom stereocenters. The van der Waals surface area contributed by atoms with E-state index >= 15 is 0 Å². The summed E-state index contributed by atoms with van der Waals surface area (Å²) >= 11 is 12.1. The molecule has 0 heterocycles. The zero-order valence-corrected chi connectivity index (χ0v) is 16.9. The third-order valence-electron chi connectivity index (χ3n) is 3.72. The minimum Gasteiger partial charge on any atom is -0.377 e. The van der Waals surface area contributed by atoms with Gasteiger partial charge in [-0.15, -0.1) is 0 Å². The maximum absolute atomic E-state index is 12.4.